The second-order valence-corrected chi connectivity index (χ2v) is 10.6. The molecule has 34 heavy (non-hydrogen) atoms. The zero-order chi connectivity index (χ0) is 23.5. The summed E-state index contributed by atoms with van der Waals surface area (Å²) in [5.74, 6) is 0. The Morgan fingerprint density at radius 2 is 1.21 bits per heavy atom. The summed E-state index contributed by atoms with van der Waals surface area (Å²) in [4.78, 5) is 0.220. The smallest absolute Gasteiger partial charge is 0.240 e. The number of aromatic nitrogens is 1. The number of hydrogen-bond donors (Lipinski definition) is 1. The molecule has 0 aliphatic carbocycles. The number of halogens is 1. The number of rotatable bonds is 8. The Kier molecular flexibility index (Phi) is 6.42. The summed E-state index contributed by atoms with van der Waals surface area (Å²) in [5, 5.41) is 3.08. The van der Waals surface area contributed by atoms with E-state index in [1.54, 1.807) is 12.1 Å². The van der Waals surface area contributed by atoms with Gasteiger partial charge in [-0.2, -0.15) is 0 Å². The zero-order valence-corrected chi connectivity index (χ0v) is 20.2. The molecule has 0 saturated carbocycles. The minimum Gasteiger partial charge on any atom is -0.340 e. The molecule has 5 rings (SSSR count). The van der Waals surface area contributed by atoms with E-state index in [9.17, 15) is 8.42 Å². The summed E-state index contributed by atoms with van der Waals surface area (Å²) in [5.41, 5.74) is 4.87. The van der Waals surface area contributed by atoms with Crippen LogP contribution in [0.15, 0.2) is 102 Å². The van der Waals surface area contributed by atoms with Gasteiger partial charge in [0.05, 0.1) is 4.90 Å². The summed E-state index contributed by atoms with van der Waals surface area (Å²) >= 11 is 5.85. The van der Waals surface area contributed by atoms with E-state index in [1.807, 2.05) is 0 Å². The molecule has 172 valence electrons. The molecule has 0 radical (unpaired) electrons. The molecule has 0 aliphatic rings. The number of para-hydroxylation sites is 2. The number of nitrogens with one attached hydrogen (secondary N) is 1. The van der Waals surface area contributed by atoms with E-state index in [1.165, 1.54) is 39.5 Å². The zero-order valence-electron chi connectivity index (χ0n) is 18.6. The Morgan fingerprint density at radius 3 is 1.79 bits per heavy atom. The standard InChI is InChI=1S/C28H25ClN2O2S/c29-23-13-15-24(16-14-23)34(32,33)30-19-17-21-9-11-22(12-10-21)18-20-31-27-7-3-1-5-25(27)26-6-2-4-8-28(26)31/h1-16,30H,17-20H2. The summed E-state index contributed by atoms with van der Waals surface area (Å²) in [6.45, 7) is 1.24. The van der Waals surface area contributed by atoms with Gasteiger partial charge in [-0.15, -0.1) is 0 Å². The van der Waals surface area contributed by atoms with Gasteiger partial charge in [0.25, 0.3) is 0 Å². The second kappa shape index (κ2) is 9.63. The first-order valence-electron chi connectivity index (χ1n) is 11.3. The van der Waals surface area contributed by atoms with Crippen LogP contribution in [0.5, 0.6) is 0 Å². The van der Waals surface area contributed by atoms with E-state index >= 15 is 0 Å². The highest BCUT2D eigenvalue weighted by Gasteiger charge is 2.13. The van der Waals surface area contributed by atoms with Crippen LogP contribution in [0.2, 0.25) is 5.02 Å². The van der Waals surface area contributed by atoms with Crippen molar-refractivity contribution in [1.82, 2.24) is 9.29 Å². The first-order chi connectivity index (χ1) is 16.5. The molecule has 0 saturated heterocycles. The van der Waals surface area contributed by atoms with Gasteiger partial charge in [-0.3, -0.25) is 0 Å². The van der Waals surface area contributed by atoms with Crippen LogP contribution in [0, 0.1) is 0 Å². The predicted octanol–water partition coefficient (Wildman–Crippen LogP) is 6.21. The molecule has 0 fully saturated rings. The number of nitrogens with zero attached hydrogens (tertiary/aromatic N) is 1. The lowest BCUT2D eigenvalue weighted by atomic mass is 10.1. The Balaban J connectivity index is 1.22. The maximum absolute atomic E-state index is 12.4. The third-order valence-corrected chi connectivity index (χ3v) is 7.89. The topological polar surface area (TPSA) is 51.1 Å². The normalized spacial score (nSPS) is 11.9. The highest BCUT2D eigenvalue weighted by Crippen LogP contribution is 2.29. The quantitative estimate of drug-likeness (QED) is 0.282. The first kappa shape index (κ1) is 22.7. The molecule has 1 aromatic heterocycles. The molecule has 4 nitrogen and oxygen atoms in total. The molecule has 0 aliphatic heterocycles. The van der Waals surface area contributed by atoms with Crippen LogP contribution in [-0.4, -0.2) is 19.5 Å². The third-order valence-electron chi connectivity index (χ3n) is 6.16. The summed E-state index contributed by atoms with van der Waals surface area (Å²) < 4.78 is 29.9. The molecule has 0 bridgehead atoms. The van der Waals surface area contributed by atoms with Crippen molar-refractivity contribution in [3.05, 3.63) is 113 Å². The maximum Gasteiger partial charge on any atom is 0.240 e. The van der Waals surface area contributed by atoms with E-state index in [-0.39, 0.29) is 4.90 Å². The summed E-state index contributed by atoms with van der Waals surface area (Å²) in [7, 11) is -3.54. The average Bonchev–Trinajstić information content (AvgIpc) is 3.17. The van der Waals surface area contributed by atoms with Crippen molar-refractivity contribution >= 4 is 43.4 Å². The Morgan fingerprint density at radius 1 is 0.676 bits per heavy atom. The largest absolute Gasteiger partial charge is 0.340 e. The minimum atomic E-state index is -3.54. The number of hydrogen-bond acceptors (Lipinski definition) is 2. The predicted molar refractivity (Wildman–Crippen MR) is 140 cm³/mol. The molecule has 0 amide bonds. The Bertz CT molecular complexity index is 1490. The van der Waals surface area contributed by atoms with Gasteiger partial charge < -0.3 is 4.57 Å². The molecule has 0 atom stereocenters. The fraction of sp³-hybridized carbons (Fsp3) is 0.143. The van der Waals surface area contributed by atoms with E-state index in [4.69, 9.17) is 11.6 Å². The van der Waals surface area contributed by atoms with Crippen molar-refractivity contribution in [1.29, 1.82) is 0 Å². The molecular weight excluding hydrogens is 464 g/mol. The average molecular weight is 489 g/mol. The van der Waals surface area contributed by atoms with Crippen LogP contribution in [0.1, 0.15) is 11.1 Å². The number of aryl methyl sites for hydroxylation is 2. The monoisotopic (exact) mass is 488 g/mol. The van der Waals surface area contributed by atoms with Gasteiger partial charge in [0, 0.05) is 39.9 Å². The molecule has 5 aromatic rings. The second-order valence-electron chi connectivity index (χ2n) is 8.35. The van der Waals surface area contributed by atoms with Gasteiger partial charge in [-0.1, -0.05) is 72.3 Å². The molecule has 1 N–H and O–H groups in total. The number of benzene rings is 4. The first-order valence-corrected chi connectivity index (χ1v) is 13.2. The maximum atomic E-state index is 12.4. The van der Waals surface area contributed by atoms with E-state index in [2.05, 4.69) is 82.1 Å². The number of fused-ring (bicyclic) bond motifs is 3. The minimum absolute atomic E-state index is 0.220. The summed E-state index contributed by atoms with van der Waals surface area (Å²) in [6, 6.07) is 31.7. The SMILES string of the molecule is O=S(=O)(NCCc1ccc(CCn2c3ccccc3c3ccccc32)cc1)c1ccc(Cl)cc1. The molecule has 0 unspecified atom stereocenters. The Labute approximate surface area is 204 Å². The van der Waals surface area contributed by atoms with Crippen molar-refractivity contribution in [3.63, 3.8) is 0 Å². The lowest BCUT2D eigenvalue weighted by Crippen LogP contribution is -2.25. The fourth-order valence-corrected chi connectivity index (χ4v) is 5.54. The van der Waals surface area contributed by atoms with Gasteiger partial charge in [0.15, 0.2) is 0 Å². The van der Waals surface area contributed by atoms with Crippen molar-refractivity contribution in [2.45, 2.75) is 24.3 Å². The van der Waals surface area contributed by atoms with Crippen LogP contribution in [-0.2, 0) is 29.4 Å². The van der Waals surface area contributed by atoms with Gasteiger partial charge in [0.2, 0.25) is 10.0 Å². The van der Waals surface area contributed by atoms with Crippen LogP contribution in [0.4, 0.5) is 0 Å². The Hall–Kier alpha value is -3.12. The highest BCUT2D eigenvalue weighted by atomic mass is 35.5. The lowest BCUT2D eigenvalue weighted by molar-refractivity contribution is 0.581. The van der Waals surface area contributed by atoms with Crippen LogP contribution >= 0.6 is 11.6 Å². The number of sulfonamides is 1. The van der Waals surface area contributed by atoms with Gasteiger partial charge >= 0.3 is 0 Å². The molecule has 0 spiro atoms. The van der Waals surface area contributed by atoms with E-state index < -0.39 is 10.0 Å². The fourth-order valence-electron chi connectivity index (χ4n) is 4.38. The van der Waals surface area contributed by atoms with E-state index in [0.717, 1.165) is 18.5 Å². The van der Waals surface area contributed by atoms with Gasteiger partial charge in [-0.25, -0.2) is 13.1 Å². The molecule has 6 heteroatoms. The van der Waals surface area contributed by atoms with Crippen molar-refractivity contribution in [2.24, 2.45) is 0 Å². The van der Waals surface area contributed by atoms with Crippen LogP contribution in [0.25, 0.3) is 21.8 Å². The van der Waals surface area contributed by atoms with Crippen molar-refractivity contribution in [3.8, 4) is 0 Å². The lowest BCUT2D eigenvalue weighted by Gasteiger charge is -2.09. The molecule has 1 heterocycles. The molecular formula is C28H25ClN2O2S. The van der Waals surface area contributed by atoms with Crippen LogP contribution < -0.4 is 4.72 Å². The highest BCUT2D eigenvalue weighted by molar-refractivity contribution is 7.89. The van der Waals surface area contributed by atoms with Gasteiger partial charge in [-0.05, 0) is 60.4 Å². The third kappa shape index (κ3) is 4.73. The van der Waals surface area contributed by atoms with Crippen molar-refractivity contribution in [2.75, 3.05) is 6.54 Å². The summed E-state index contributed by atoms with van der Waals surface area (Å²) in [6.07, 6.45) is 1.55. The van der Waals surface area contributed by atoms with E-state index in [0.29, 0.717) is 18.0 Å². The van der Waals surface area contributed by atoms with Crippen LogP contribution in [0.3, 0.4) is 0 Å². The van der Waals surface area contributed by atoms with Crippen molar-refractivity contribution < 1.29 is 8.42 Å². The van der Waals surface area contributed by atoms with Gasteiger partial charge in [0.1, 0.15) is 0 Å². The molecule has 4 aromatic carbocycles.